The molecule has 3 N–H and O–H groups in total. The Labute approximate surface area is 110 Å². The van der Waals surface area contributed by atoms with Gasteiger partial charge >= 0.3 is 0 Å². The van der Waals surface area contributed by atoms with Gasteiger partial charge in [-0.05, 0) is 30.5 Å². The molecule has 0 unspecified atom stereocenters. The number of aromatic amines is 1. The second-order valence-electron chi connectivity index (χ2n) is 4.76. The number of anilines is 1. The molecule has 1 aromatic carbocycles. The SMILES string of the molecule is Nc1cccc(CN(C(=O)c2cn[nH]n2)C2CC2)c1. The van der Waals surface area contributed by atoms with E-state index in [9.17, 15) is 4.79 Å². The van der Waals surface area contributed by atoms with Crippen LogP contribution in [0.1, 0.15) is 28.9 Å². The third-order valence-electron chi connectivity index (χ3n) is 3.19. The molecule has 1 aliphatic carbocycles. The molecule has 98 valence electrons. The van der Waals surface area contributed by atoms with Gasteiger partial charge < -0.3 is 10.6 Å². The number of hydrogen-bond donors (Lipinski definition) is 2. The lowest BCUT2D eigenvalue weighted by Gasteiger charge is -2.21. The number of carbonyl (C=O) groups excluding carboxylic acids is 1. The van der Waals surface area contributed by atoms with Crippen LogP contribution >= 0.6 is 0 Å². The highest BCUT2D eigenvalue weighted by Crippen LogP contribution is 2.29. The number of carbonyl (C=O) groups is 1. The van der Waals surface area contributed by atoms with Crippen molar-refractivity contribution in [3.63, 3.8) is 0 Å². The Balaban J connectivity index is 1.80. The lowest BCUT2D eigenvalue weighted by molar-refractivity contribution is 0.0724. The fourth-order valence-corrected chi connectivity index (χ4v) is 2.09. The van der Waals surface area contributed by atoms with E-state index < -0.39 is 0 Å². The molecule has 19 heavy (non-hydrogen) atoms. The zero-order valence-electron chi connectivity index (χ0n) is 10.4. The summed E-state index contributed by atoms with van der Waals surface area (Å²) in [5.74, 6) is -0.0846. The molecule has 1 saturated carbocycles. The summed E-state index contributed by atoms with van der Waals surface area (Å²) in [7, 11) is 0. The van der Waals surface area contributed by atoms with E-state index in [4.69, 9.17) is 5.73 Å². The van der Waals surface area contributed by atoms with Crippen LogP contribution < -0.4 is 5.73 Å². The minimum absolute atomic E-state index is 0.0846. The Morgan fingerprint density at radius 2 is 2.32 bits per heavy atom. The van der Waals surface area contributed by atoms with Gasteiger partial charge in [0.15, 0.2) is 5.69 Å². The van der Waals surface area contributed by atoms with E-state index in [0.29, 0.717) is 24.0 Å². The minimum atomic E-state index is -0.0846. The first-order chi connectivity index (χ1) is 9.24. The molecule has 0 spiro atoms. The van der Waals surface area contributed by atoms with Crippen molar-refractivity contribution in [1.29, 1.82) is 0 Å². The van der Waals surface area contributed by atoms with E-state index in [1.807, 2.05) is 29.2 Å². The van der Waals surface area contributed by atoms with E-state index >= 15 is 0 Å². The number of rotatable bonds is 4. The summed E-state index contributed by atoms with van der Waals surface area (Å²) >= 11 is 0. The summed E-state index contributed by atoms with van der Waals surface area (Å²) in [6.45, 7) is 0.557. The first-order valence-corrected chi connectivity index (χ1v) is 6.25. The third kappa shape index (κ3) is 2.57. The molecule has 6 nitrogen and oxygen atoms in total. The summed E-state index contributed by atoms with van der Waals surface area (Å²) in [5, 5.41) is 10.0. The topological polar surface area (TPSA) is 87.9 Å². The monoisotopic (exact) mass is 257 g/mol. The maximum Gasteiger partial charge on any atom is 0.276 e. The van der Waals surface area contributed by atoms with Crippen LogP contribution in [0.3, 0.4) is 0 Å². The first kappa shape index (κ1) is 11.7. The highest BCUT2D eigenvalue weighted by Gasteiger charge is 2.33. The molecule has 0 saturated heterocycles. The molecule has 1 aromatic heterocycles. The molecule has 1 heterocycles. The van der Waals surface area contributed by atoms with E-state index in [-0.39, 0.29) is 5.91 Å². The number of amides is 1. The van der Waals surface area contributed by atoms with Gasteiger partial charge in [-0.2, -0.15) is 15.4 Å². The van der Waals surface area contributed by atoms with Crippen LogP contribution in [0.5, 0.6) is 0 Å². The molecule has 1 amide bonds. The van der Waals surface area contributed by atoms with Crippen LogP contribution in [0.15, 0.2) is 30.5 Å². The lowest BCUT2D eigenvalue weighted by atomic mass is 10.2. The highest BCUT2D eigenvalue weighted by molar-refractivity contribution is 5.92. The molecule has 0 bridgehead atoms. The van der Waals surface area contributed by atoms with Crippen molar-refractivity contribution in [2.75, 3.05) is 5.73 Å². The number of hydrogen-bond acceptors (Lipinski definition) is 4. The molecule has 1 fully saturated rings. The van der Waals surface area contributed by atoms with Crippen LogP contribution in [0.25, 0.3) is 0 Å². The Kier molecular flexibility index (Phi) is 2.91. The summed E-state index contributed by atoms with van der Waals surface area (Å²) in [6, 6.07) is 7.92. The smallest absolute Gasteiger partial charge is 0.276 e. The van der Waals surface area contributed by atoms with Crippen molar-refractivity contribution >= 4 is 11.6 Å². The summed E-state index contributed by atoms with van der Waals surface area (Å²) in [5.41, 5.74) is 7.86. The molecule has 6 heteroatoms. The fraction of sp³-hybridized carbons (Fsp3) is 0.308. The second-order valence-corrected chi connectivity index (χ2v) is 4.76. The zero-order chi connectivity index (χ0) is 13.2. The van der Waals surface area contributed by atoms with Gasteiger partial charge in [0.1, 0.15) is 0 Å². The van der Waals surface area contributed by atoms with Crippen LogP contribution in [0, 0.1) is 0 Å². The number of aromatic nitrogens is 3. The van der Waals surface area contributed by atoms with Gasteiger partial charge in [0, 0.05) is 18.3 Å². The summed E-state index contributed by atoms with van der Waals surface area (Å²) in [4.78, 5) is 14.2. The lowest BCUT2D eigenvalue weighted by Crippen LogP contribution is -2.32. The van der Waals surface area contributed by atoms with Gasteiger partial charge in [-0.15, -0.1) is 0 Å². The van der Waals surface area contributed by atoms with Gasteiger partial charge in [0.2, 0.25) is 0 Å². The number of nitrogens with two attached hydrogens (primary N) is 1. The van der Waals surface area contributed by atoms with E-state index in [1.54, 1.807) is 0 Å². The Morgan fingerprint density at radius 3 is 2.95 bits per heavy atom. The van der Waals surface area contributed by atoms with E-state index in [2.05, 4.69) is 15.4 Å². The first-order valence-electron chi connectivity index (χ1n) is 6.25. The van der Waals surface area contributed by atoms with E-state index in [0.717, 1.165) is 18.4 Å². The molecule has 0 atom stereocenters. The van der Waals surface area contributed by atoms with Crippen LogP contribution in [-0.2, 0) is 6.54 Å². The van der Waals surface area contributed by atoms with Gasteiger partial charge in [-0.3, -0.25) is 4.79 Å². The van der Waals surface area contributed by atoms with Crippen molar-refractivity contribution in [3.05, 3.63) is 41.7 Å². The number of benzene rings is 1. The number of nitrogen functional groups attached to an aromatic ring is 1. The van der Waals surface area contributed by atoms with Crippen molar-refractivity contribution in [1.82, 2.24) is 20.3 Å². The predicted molar refractivity (Wildman–Crippen MR) is 70.1 cm³/mol. The molecular formula is C13H15N5O. The molecule has 0 aliphatic heterocycles. The van der Waals surface area contributed by atoms with Crippen LogP contribution in [0.4, 0.5) is 5.69 Å². The number of nitrogens with one attached hydrogen (secondary N) is 1. The van der Waals surface area contributed by atoms with Gasteiger partial charge in [-0.25, -0.2) is 0 Å². The molecule has 2 aromatic rings. The maximum atomic E-state index is 12.3. The Bertz CT molecular complexity index is 576. The van der Waals surface area contributed by atoms with Gasteiger partial charge in [0.25, 0.3) is 5.91 Å². The average Bonchev–Trinajstić information content (AvgIpc) is 3.09. The Hall–Kier alpha value is -2.37. The third-order valence-corrected chi connectivity index (χ3v) is 3.19. The number of nitrogens with zero attached hydrogens (tertiary/aromatic N) is 3. The second kappa shape index (κ2) is 4.72. The van der Waals surface area contributed by atoms with Crippen molar-refractivity contribution in [2.24, 2.45) is 0 Å². The van der Waals surface area contributed by atoms with Crippen LogP contribution in [-0.4, -0.2) is 32.3 Å². The van der Waals surface area contributed by atoms with Crippen LogP contribution in [0.2, 0.25) is 0 Å². The standard InChI is InChI=1S/C13H15N5O/c14-10-3-1-2-9(6-10)8-18(11-4-5-11)13(19)12-7-15-17-16-12/h1-3,6-7,11H,4-5,8,14H2,(H,15,16,17). The highest BCUT2D eigenvalue weighted by atomic mass is 16.2. The minimum Gasteiger partial charge on any atom is -0.399 e. The number of H-pyrrole nitrogens is 1. The van der Waals surface area contributed by atoms with Gasteiger partial charge in [0.05, 0.1) is 6.20 Å². The molecule has 1 aliphatic rings. The molecule has 3 rings (SSSR count). The molecule has 0 radical (unpaired) electrons. The fourth-order valence-electron chi connectivity index (χ4n) is 2.09. The zero-order valence-corrected chi connectivity index (χ0v) is 10.4. The van der Waals surface area contributed by atoms with Gasteiger partial charge in [-0.1, -0.05) is 12.1 Å². The molecular weight excluding hydrogens is 242 g/mol. The average molecular weight is 257 g/mol. The van der Waals surface area contributed by atoms with Crippen molar-refractivity contribution in [3.8, 4) is 0 Å². The largest absolute Gasteiger partial charge is 0.399 e. The summed E-state index contributed by atoms with van der Waals surface area (Å²) < 4.78 is 0. The van der Waals surface area contributed by atoms with Crippen molar-refractivity contribution < 1.29 is 4.79 Å². The van der Waals surface area contributed by atoms with E-state index in [1.165, 1.54) is 6.20 Å². The Morgan fingerprint density at radius 1 is 1.47 bits per heavy atom. The normalized spacial score (nSPS) is 14.3. The summed E-state index contributed by atoms with van der Waals surface area (Å²) in [6.07, 6.45) is 3.55. The maximum absolute atomic E-state index is 12.3. The quantitative estimate of drug-likeness (QED) is 0.805. The van der Waals surface area contributed by atoms with Crippen molar-refractivity contribution in [2.45, 2.75) is 25.4 Å². The predicted octanol–water partition coefficient (Wildman–Crippen LogP) is 1.19.